The first kappa shape index (κ1) is 21.2. The molecule has 0 aliphatic carbocycles. The zero-order valence-electron chi connectivity index (χ0n) is 16.7. The molecule has 9 heteroatoms. The summed E-state index contributed by atoms with van der Waals surface area (Å²) in [6, 6.07) is 17.5. The lowest BCUT2D eigenvalue weighted by Crippen LogP contribution is -2.24. The van der Waals surface area contributed by atoms with Gasteiger partial charge in [-0.15, -0.1) is 0 Å². The zero-order valence-corrected chi connectivity index (χ0v) is 17.5. The highest BCUT2D eigenvalue weighted by atomic mass is 35.5. The van der Waals surface area contributed by atoms with Gasteiger partial charge in [-0.2, -0.15) is 5.10 Å². The van der Waals surface area contributed by atoms with E-state index in [1.54, 1.807) is 36.5 Å². The van der Waals surface area contributed by atoms with Crippen LogP contribution in [0, 0.1) is 0 Å². The minimum absolute atomic E-state index is 0.110. The molecule has 4 rings (SSSR count). The van der Waals surface area contributed by atoms with E-state index in [1.165, 1.54) is 6.07 Å². The Bertz CT molecular complexity index is 1310. The summed E-state index contributed by atoms with van der Waals surface area (Å²) < 4.78 is 12.7. The van der Waals surface area contributed by atoms with Crippen molar-refractivity contribution in [3.8, 4) is 5.75 Å². The molecule has 8 nitrogen and oxygen atoms in total. The standard InChI is InChI=1S/C23H18ClN3O5/c24-16-4-3-5-17(10-16)31-14-22(28)26-25-11-15-12-27(20-7-2-1-6-19(15)20)13-18-8-9-21(32-18)23(29)30/h1-12H,13-14H2,(H,26,28)(H,29,30)/b25-11+. The van der Waals surface area contributed by atoms with E-state index in [-0.39, 0.29) is 12.4 Å². The van der Waals surface area contributed by atoms with Crippen molar-refractivity contribution in [2.75, 3.05) is 6.61 Å². The van der Waals surface area contributed by atoms with Crippen molar-refractivity contribution in [2.45, 2.75) is 6.54 Å². The van der Waals surface area contributed by atoms with Gasteiger partial charge in [-0.25, -0.2) is 10.2 Å². The van der Waals surface area contributed by atoms with Crippen molar-refractivity contribution in [3.05, 3.63) is 89.0 Å². The van der Waals surface area contributed by atoms with Crippen LogP contribution < -0.4 is 10.2 Å². The van der Waals surface area contributed by atoms with Gasteiger partial charge < -0.3 is 18.8 Å². The van der Waals surface area contributed by atoms with Gasteiger partial charge in [-0.05, 0) is 36.4 Å². The first-order valence-corrected chi connectivity index (χ1v) is 9.97. The lowest BCUT2D eigenvalue weighted by molar-refractivity contribution is -0.123. The largest absolute Gasteiger partial charge is 0.484 e. The fraction of sp³-hybridized carbons (Fsp3) is 0.0870. The number of aromatic nitrogens is 1. The molecule has 0 radical (unpaired) electrons. The summed E-state index contributed by atoms with van der Waals surface area (Å²) in [6.07, 6.45) is 3.40. The van der Waals surface area contributed by atoms with Crippen molar-refractivity contribution < 1.29 is 23.8 Å². The maximum atomic E-state index is 12.0. The molecule has 0 bridgehead atoms. The normalized spacial score (nSPS) is 11.2. The van der Waals surface area contributed by atoms with Crippen molar-refractivity contribution in [1.29, 1.82) is 0 Å². The van der Waals surface area contributed by atoms with Crippen LogP contribution in [0.4, 0.5) is 0 Å². The molecule has 0 fully saturated rings. The molecule has 4 aromatic rings. The summed E-state index contributed by atoms with van der Waals surface area (Å²) in [4.78, 5) is 23.0. The molecular weight excluding hydrogens is 434 g/mol. The Labute approximate surface area is 187 Å². The third kappa shape index (κ3) is 4.98. The van der Waals surface area contributed by atoms with E-state index in [1.807, 2.05) is 35.0 Å². The second kappa shape index (κ2) is 9.40. The lowest BCUT2D eigenvalue weighted by atomic mass is 10.2. The quantitative estimate of drug-likeness (QED) is 0.309. The van der Waals surface area contributed by atoms with Crippen LogP contribution in [0.3, 0.4) is 0 Å². The zero-order chi connectivity index (χ0) is 22.5. The molecule has 0 aliphatic heterocycles. The van der Waals surface area contributed by atoms with Gasteiger partial charge in [0.05, 0.1) is 12.8 Å². The van der Waals surface area contributed by atoms with Gasteiger partial charge in [0.1, 0.15) is 11.5 Å². The van der Waals surface area contributed by atoms with Gasteiger partial charge in [0.15, 0.2) is 6.61 Å². The van der Waals surface area contributed by atoms with Crippen molar-refractivity contribution in [3.63, 3.8) is 0 Å². The molecule has 0 atom stereocenters. The number of aromatic carboxylic acids is 1. The predicted molar refractivity (Wildman–Crippen MR) is 119 cm³/mol. The number of halogens is 1. The fourth-order valence-corrected chi connectivity index (χ4v) is 3.35. The number of hydrazone groups is 1. The highest BCUT2D eigenvalue weighted by Crippen LogP contribution is 2.22. The molecular formula is C23H18ClN3O5. The van der Waals surface area contributed by atoms with Crippen LogP contribution in [-0.2, 0) is 11.3 Å². The van der Waals surface area contributed by atoms with Gasteiger partial charge in [0.2, 0.25) is 5.76 Å². The first-order valence-electron chi connectivity index (χ1n) is 9.60. The number of nitrogens with one attached hydrogen (secondary N) is 1. The lowest BCUT2D eigenvalue weighted by Gasteiger charge is -2.04. The number of carboxylic acid groups (broad SMARTS) is 1. The van der Waals surface area contributed by atoms with Gasteiger partial charge in [-0.3, -0.25) is 4.79 Å². The number of carboxylic acids is 1. The number of ether oxygens (including phenoxy) is 1. The predicted octanol–water partition coefficient (Wildman–Crippen LogP) is 4.16. The Kier molecular flexibility index (Phi) is 6.23. The summed E-state index contributed by atoms with van der Waals surface area (Å²) in [5.74, 6) is -0.638. The maximum absolute atomic E-state index is 12.0. The third-order valence-corrected chi connectivity index (χ3v) is 4.81. The number of fused-ring (bicyclic) bond motifs is 1. The van der Waals surface area contributed by atoms with E-state index in [2.05, 4.69) is 10.5 Å². The second-order valence-electron chi connectivity index (χ2n) is 6.84. The average molecular weight is 452 g/mol. The summed E-state index contributed by atoms with van der Waals surface area (Å²) in [6.45, 7) is 0.144. The van der Waals surface area contributed by atoms with Crippen LogP contribution in [0.1, 0.15) is 21.9 Å². The SMILES string of the molecule is O=C(COc1cccc(Cl)c1)N/N=C/c1cn(Cc2ccc(C(=O)O)o2)c2ccccc12. The molecule has 32 heavy (non-hydrogen) atoms. The number of carbonyl (C=O) groups excluding carboxylic acids is 1. The Balaban J connectivity index is 1.44. The van der Waals surface area contributed by atoms with Crippen LogP contribution in [-0.4, -0.2) is 34.4 Å². The minimum atomic E-state index is -1.11. The number of benzene rings is 2. The summed E-state index contributed by atoms with van der Waals surface area (Å²) in [5.41, 5.74) is 4.13. The molecule has 0 spiro atoms. The van der Waals surface area contributed by atoms with Gasteiger partial charge in [0.25, 0.3) is 5.91 Å². The number of hydrogen-bond acceptors (Lipinski definition) is 5. The number of hydrogen-bond donors (Lipinski definition) is 2. The number of rotatable bonds is 8. The van der Waals surface area contributed by atoms with E-state index in [9.17, 15) is 9.59 Å². The Morgan fingerprint density at radius 1 is 1.16 bits per heavy atom. The van der Waals surface area contributed by atoms with Crippen molar-refractivity contribution in [1.82, 2.24) is 9.99 Å². The topological polar surface area (TPSA) is 106 Å². The van der Waals surface area contributed by atoms with E-state index in [0.717, 1.165) is 16.5 Å². The molecule has 0 saturated carbocycles. The van der Waals surface area contributed by atoms with E-state index >= 15 is 0 Å². The Morgan fingerprint density at radius 3 is 2.78 bits per heavy atom. The van der Waals surface area contributed by atoms with Crippen LogP contribution in [0.25, 0.3) is 10.9 Å². The number of nitrogens with zero attached hydrogens (tertiary/aromatic N) is 2. The molecule has 0 aliphatic rings. The molecule has 2 aromatic heterocycles. The molecule has 0 saturated heterocycles. The minimum Gasteiger partial charge on any atom is -0.484 e. The maximum Gasteiger partial charge on any atom is 0.371 e. The molecule has 2 N–H and O–H groups in total. The van der Waals surface area contributed by atoms with E-state index < -0.39 is 11.9 Å². The van der Waals surface area contributed by atoms with Crippen LogP contribution in [0.2, 0.25) is 5.02 Å². The molecule has 162 valence electrons. The fourth-order valence-electron chi connectivity index (χ4n) is 3.17. The molecule has 2 aromatic carbocycles. The third-order valence-electron chi connectivity index (χ3n) is 4.58. The van der Waals surface area contributed by atoms with E-state index in [0.29, 0.717) is 23.1 Å². The highest BCUT2D eigenvalue weighted by molar-refractivity contribution is 6.30. The summed E-state index contributed by atoms with van der Waals surface area (Å²) >= 11 is 5.89. The number of carbonyl (C=O) groups is 2. The van der Waals surface area contributed by atoms with Gasteiger partial charge >= 0.3 is 5.97 Å². The molecule has 1 amide bonds. The number of para-hydroxylation sites is 1. The molecule has 2 heterocycles. The van der Waals surface area contributed by atoms with Crippen LogP contribution in [0.15, 0.2) is 76.4 Å². The highest BCUT2D eigenvalue weighted by Gasteiger charge is 2.12. The van der Waals surface area contributed by atoms with Crippen LogP contribution in [0.5, 0.6) is 5.75 Å². The van der Waals surface area contributed by atoms with Crippen molar-refractivity contribution >= 4 is 40.6 Å². The van der Waals surface area contributed by atoms with Crippen LogP contribution >= 0.6 is 11.6 Å². The van der Waals surface area contributed by atoms with E-state index in [4.69, 9.17) is 25.9 Å². The smallest absolute Gasteiger partial charge is 0.371 e. The second-order valence-corrected chi connectivity index (χ2v) is 7.28. The first-order chi connectivity index (χ1) is 15.5. The van der Waals surface area contributed by atoms with Gasteiger partial charge in [0, 0.05) is 27.7 Å². The monoisotopic (exact) mass is 451 g/mol. The number of amides is 1. The number of furan rings is 1. The van der Waals surface area contributed by atoms with Gasteiger partial charge in [-0.1, -0.05) is 35.9 Å². The average Bonchev–Trinajstić information content (AvgIpc) is 3.38. The summed E-state index contributed by atoms with van der Waals surface area (Å²) in [7, 11) is 0. The Morgan fingerprint density at radius 2 is 2.00 bits per heavy atom. The molecule has 0 unspecified atom stereocenters. The summed E-state index contributed by atoms with van der Waals surface area (Å²) in [5, 5.41) is 14.5. The Hall–Kier alpha value is -4.04. The van der Waals surface area contributed by atoms with Crippen molar-refractivity contribution in [2.24, 2.45) is 5.10 Å².